The summed E-state index contributed by atoms with van der Waals surface area (Å²) in [5, 5.41) is 2.75. The number of hydrazine groups is 1. The molecule has 2 rings (SSSR count). The van der Waals surface area contributed by atoms with Crippen molar-refractivity contribution in [1.29, 1.82) is 0 Å². The second kappa shape index (κ2) is 6.41. The highest BCUT2D eigenvalue weighted by atomic mass is 16.1. The molecule has 2 aromatic rings. The lowest BCUT2D eigenvalue weighted by molar-refractivity contribution is 0.0949. The Bertz CT molecular complexity index is 545. The van der Waals surface area contributed by atoms with Gasteiger partial charge >= 0.3 is 0 Å². The average Bonchev–Trinajstić information content (AvgIpc) is 2.48. The number of nitrogens with one attached hydrogen (secondary N) is 2. The Morgan fingerprint density at radius 2 is 2.21 bits per heavy atom. The molecule has 19 heavy (non-hydrogen) atoms. The number of amides is 1. The molecule has 0 aliphatic rings. The molecule has 7 nitrogen and oxygen atoms in total. The number of nitrogen functional groups attached to an aromatic ring is 1. The lowest BCUT2D eigenvalue weighted by Gasteiger charge is -2.05. The van der Waals surface area contributed by atoms with Gasteiger partial charge in [0.1, 0.15) is 5.69 Å². The van der Waals surface area contributed by atoms with Crippen molar-refractivity contribution in [2.45, 2.75) is 6.42 Å². The summed E-state index contributed by atoms with van der Waals surface area (Å²) in [7, 11) is 0. The molecule has 0 unspecified atom stereocenters. The summed E-state index contributed by atoms with van der Waals surface area (Å²) in [6.45, 7) is 0.484. The lowest BCUT2D eigenvalue weighted by Crippen LogP contribution is -2.27. The zero-order valence-corrected chi connectivity index (χ0v) is 10.2. The summed E-state index contributed by atoms with van der Waals surface area (Å²) in [5.74, 6) is 5.26. The van der Waals surface area contributed by atoms with Crippen LogP contribution in [0, 0.1) is 0 Å². The molecule has 0 radical (unpaired) electrons. The molecule has 0 aromatic carbocycles. The first kappa shape index (κ1) is 12.9. The number of nitrogens with two attached hydrogens (primary N) is 1. The molecule has 0 bridgehead atoms. The quantitative estimate of drug-likeness (QED) is 0.520. The third-order valence-corrected chi connectivity index (χ3v) is 2.41. The Balaban J connectivity index is 1.87. The number of anilines is 1. The van der Waals surface area contributed by atoms with Gasteiger partial charge in [-0.25, -0.2) is 10.8 Å². The van der Waals surface area contributed by atoms with E-state index >= 15 is 0 Å². The summed E-state index contributed by atoms with van der Waals surface area (Å²) in [6, 6.07) is 5.67. The topological polar surface area (TPSA) is 106 Å². The molecule has 2 aromatic heterocycles. The van der Waals surface area contributed by atoms with E-state index in [1.807, 2.05) is 18.2 Å². The van der Waals surface area contributed by atoms with Gasteiger partial charge in [0.15, 0.2) is 5.82 Å². The van der Waals surface area contributed by atoms with Gasteiger partial charge in [-0.3, -0.25) is 14.8 Å². The molecule has 0 atom stereocenters. The number of rotatable bonds is 5. The molecule has 98 valence electrons. The van der Waals surface area contributed by atoms with Crippen LogP contribution in [0.4, 0.5) is 5.82 Å². The highest BCUT2D eigenvalue weighted by molar-refractivity contribution is 5.92. The Labute approximate surface area is 110 Å². The van der Waals surface area contributed by atoms with E-state index in [2.05, 4.69) is 25.7 Å². The first-order valence-electron chi connectivity index (χ1n) is 5.76. The third kappa shape index (κ3) is 3.71. The first-order valence-corrected chi connectivity index (χ1v) is 5.76. The number of carbonyl (C=O) groups is 1. The SMILES string of the molecule is NNc1cncc(C(=O)NCCc2ccccn2)n1. The summed E-state index contributed by atoms with van der Waals surface area (Å²) >= 11 is 0. The van der Waals surface area contributed by atoms with Crippen molar-refractivity contribution in [1.82, 2.24) is 20.3 Å². The molecule has 0 aliphatic heterocycles. The molecule has 1 amide bonds. The van der Waals surface area contributed by atoms with Gasteiger partial charge in [0.2, 0.25) is 0 Å². The Hall–Kier alpha value is -2.54. The van der Waals surface area contributed by atoms with Crippen LogP contribution in [0.5, 0.6) is 0 Å². The van der Waals surface area contributed by atoms with E-state index in [9.17, 15) is 4.79 Å². The Kier molecular flexibility index (Phi) is 4.35. The fourth-order valence-corrected chi connectivity index (χ4v) is 1.49. The molecule has 0 spiro atoms. The lowest BCUT2D eigenvalue weighted by atomic mass is 10.2. The van der Waals surface area contributed by atoms with Gasteiger partial charge in [-0.1, -0.05) is 6.07 Å². The van der Waals surface area contributed by atoms with Gasteiger partial charge < -0.3 is 10.7 Å². The second-order valence-electron chi connectivity index (χ2n) is 3.76. The van der Waals surface area contributed by atoms with Crippen molar-refractivity contribution in [3.05, 3.63) is 48.2 Å². The molecule has 0 aliphatic carbocycles. The molecular formula is C12H14N6O. The molecular weight excluding hydrogens is 244 g/mol. The van der Waals surface area contributed by atoms with E-state index in [0.717, 1.165) is 5.69 Å². The van der Waals surface area contributed by atoms with Crippen LogP contribution in [0.2, 0.25) is 0 Å². The molecule has 7 heteroatoms. The van der Waals surface area contributed by atoms with Crippen molar-refractivity contribution < 1.29 is 4.79 Å². The van der Waals surface area contributed by atoms with E-state index in [1.54, 1.807) is 6.20 Å². The summed E-state index contributed by atoms with van der Waals surface area (Å²) in [5.41, 5.74) is 3.48. The maximum Gasteiger partial charge on any atom is 0.271 e. The smallest absolute Gasteiger partial charge is 0.271 e. The van der Waals surface area contributed by atoms with Crippen molar-refractivity contribution in [2.24, 2.45) is 5.84 Å². The maximum atomic E-state index is 11.8. The summed E-state index contributed by atoms with van der Waals surface area (Å²) in [4.78, 5) is 23.8. The normalized spacial score (nSPS) is 9.95. The van der Waals surface area contributed by atoms with Gasteiger partial charge in [-0.2, -0.15) is 0 Å². The van der Waals surface area contributed by atoms with Crippen LogP contribution in [-0.2, 0) is 6.42 Å². The third-order valence-electron chi connectivity index (χ3n) is 2.41. The van der Waals surface area contributed by atoms with Gasteiger partial charge in [0, 0.05) is 24.9 Å². The molecule has 4 N–H and O–H groups in total. The van der Waals surface area contributed by atoms with Crippen LogP contribution >= 0.6 is 0 Å². The van der Waals surface area contributed by atoms with Crippen molar-refractivity contribution >= 4 is 11.7 Å². The summed E-state index contributed by atoms with van der Waals surface area (Å²) < 4.78 is 0. The highest BCUT2D eigenvalue weighted by Gasteiger charge is 2.07. The molecule has 0 fully saturated rings. The second-order valence-corrected chi connectivity index (χ2v) is 3.76. The Morgan fingerprint density at radius 1 is 1.32 bits per heavy atom. The standard InChI is InChI=1S/C12H14N6O/c13-18-11-8-14-7-10(17-11)12(19)16-6-4-9-3-1-2-5-15-9/h1-3,5,7-8H,4,6,13H2,(H,16,19)(H,17,18). The van der Waals surface area contributed by atoms with E-state index in [4.69, 9.17) is 5.84 Å². The largest absolute Gasteiger partial charge is 0.350 e. The number of nitrogens with zero attached hydrogens (tertiary/aromatic N) is 3. The number of hydrogen-bond donors (Lipinski definition) is 3. The zero-order chi connectivity index (χ0) is 13.5. The van der Waals surface area contributed by atoms with Crippen LogP contribution < -0.4 is 16.6 Å². The van der Waals surface area contributed by atoms with Crippen LogP contribution in [-0.4, -0.2) is 27.4 Å². The van der Waals surface area contributed by atoms with Crippen LogP contribution in [0.1, 0.15) is 16.2 Å². The van der Waals surface area contributed by atoms with Gasteiger partial charge in [-0.05, 0) is 12.1 Å². The first-order chi connectivity index (χ1) is 9.29. The van der Waals surface area contributed by atoms with Crippen molar-refractivity contribution in [2.75, 3.05) is 12.0 Å². The predicted octanol–water partition coefficient (Wildman–Crippen LogP) is 0.130. The predicted molar refractivity (Wildman–Crippen MR) is 70.1 cm³/mol. The summed E-state index contributed by atoms with van der Waals surface area (Å²) in [6.07, 6.45) is 5.20. The molecule has 0 saturated carbocycles. The van der Waals surface area contributed by atoms with E-state index in [-0.39, 0.29) is 11.6 Å². The molecule has 0 saturated heterocycles. The van der Waals surface area contributed by atoms with Crippen LogP contribution in [0.15, 0.2) is 36.8 Å². The monoisotopic (exact) mass is 258 g/mol. The van der Waals surface area contributed by atoms with E-state index < -0.39 is 0 Å². The minimum absolute atomic E-state index is 0.219. The van der Waals surface area contributed by atoms with Crippen LogP contribution in [0.25, 0.3) is 0 Å². The minimum Gasteiger partial charge on any atom is -0.350 e. The number of pyridine rings is 1. The van der Waals surface area contributed by atoms with Gasteiger partial charge in [0.05, 0.1) is 12.4 Å². The number of aromatic nitrogens is 3. The van der Waals surface area contributed by atoms with Gasteiger partial charge in [0.25, 0.3) is 5.91 Å². The fourth-order valence-electron chi connectivity index (χ4n) is 1.49. The van der Waals surface area contributed by atoms with Crippen molar-refractivity contribution in [3.8, 4) is 0 Å². The Morgan fingerprint density at radius 3 is 2.95 bits per heavy atom. The highest BCUT2D eigenvalue weighted by Crippen LogP contribution is 2.00. The number of hydrogen-bond acceptors (Lipinski definition) is 6. The maximum absolute atomic E-state index is 11.8. The number of carbonyl (C=O) groups excluding carboxylic acids is 1. The fraction of sp³-hybridized carbons (Fsp3) is 0.167. The van der Waals surface area contributed by atoms with E-state index in [0.29, 0.717) is 18.8 Å². The van der Waals surface area contributed by atoms with Crippen molar-refractivity contribution in [3.63, 3.8) is 0 Å². The van der Waals surface area contributed by atoms with E-state index in [1.165, 1.54) is 12.4 Å². The molecule has 2 heterocycles. The minimum atomic E-state index is -0.291. The van der Waals surface area contributed by atoms with Gasteiger partial charge in [-0.15, -0.1) is 0 Å². The zero-order valence-electron chi connectivity index (χ0n) is 10.2. The van der Waals surface area contributed by atoms with Crippen LogP contribution in [0.3, 0.4) is 0 Å². The average molecular weight is 258 g/mol.